The Kier molecular flexibility index (Phi) is 5.20. The SMILES string of the molecule is CCNCCC=C(C)c1ccc(F)cc1C. The molecule has 1 aromatic rings. The lowest BCUT2D eigenvalue weighted by atomic mass is 10.0. The fourth-order valence-corrected chi connectivity index (χ4v) is 1.75. The van der Waals surface area contributed by atoms with Crippen LogP contribution in [0.4, 0.5) is 4.39 Å². The lowest BCUT2D eigenvalue weighted by molar-refractivity contribution is 0.626. The predicted molar refractivity (Wildman–Crippen MR) is 67.9 cm³/mol. The van der Waals surface area contributed by atoms with E-state index in [9.17, 15) is 4.39 Å². The molecule has 1 aromatic carbocycles. The van der Waals surface area contributed by atoms with Crippen molar-refractivity contribution in [1.29, 1.82) is 0 Å². The summed E-state index contributed by atoms with van der Waals surface area (Å²) in [5.74, 6) is -0.165. The van der Waals surface area contributed by atoms with Crippen molar-refractivity contribution in [2.75, 3.05) is 13.1 Å². The molecule has 2 heteroatoms. The Bertz CT molecular complexity index is 369. The standard InChI is InChI=1S/C14H20FN/c1-4-16-9-5-6-11(2)14-8-7-13(15)10-12(14)3/h6-8,10,16H,4-5,9H2,1-3H3. The predicted octanol–water partition coefficient (Wildman–Crippen LogP) is 3.54. The molecular weight excluding hydrogens is 201 g/mol. The van der Waals surface area contributed by atoms with Crippen LogP contribution in [0, 0.1) is 12.7 Å². The molecule has 0 saturated heterocycles. The molecule has 1 N–H and O–H groups in total. The van der Waals surface area contributed by atoms with Crippen molar-refractivity contribution in [3.63, 3.8) is 0 Å². The van der Waals surface area contributed by atoms with Gasteiger partial charge in [-0.25, -0.2) is 4.39 Å². The van der Waals surface area contributed by atoms with Gasteiger partial charge in [-0.1, -0.05) is 19.1 Å². The molecule has 1 nitrogen and oxygen atoms in total. The summed E-state index contributed by atoms with van der Waals surface area (Å²) in [5.41, 5.74) is 3.35. The number of benzene rings is 1. The van der Waals surface area contributed by atoms with Crippen LogP contribution in [0.5, 0.6) is 0 Å². The molecule has 0 amide bonds. The van der Waals surface area contributed by atoms with Crippen molar-refractivity contribution in [2.24, 2.45) is 0 Å². The molecule has 0 aliphatic carbocycles. The molecule has 0 saturated carbocycles. The minimum Gasteiger partial charge on any atom is -0.317 e. The molecule has 0 radical (unpaired) electrons. The fourth-order valence-electron chi connectivity index (χ4n) is 1.75. The quantitative estimate of drug-likeness (QED) is 0.750. The molecule has 0 bridgehead atoms. The van der Waals surface area contributed by atoms with E-state index >= 15 is 0 Å². The lowest BCUT2D eigenvalue weighted by Crippen LogP contribution is -2.13. The Morgan fingerprint density at radius 1 is 1.44 bits per heavy atom. The Morgan fingerprint density at radius 2 is 2.19 bits per heavy atom. The molecule has 0 aromatic heterocycles. The van der Waals surface area contributed by atoms with Crippen molar-refractivity contribution in [3.8, 4) is 0 Å². The number of hydrogen-bond donors (Lipinski definition) is 1. The molecular formula is C14H20FN. The van der Waals surface area contributed by atoms with Gasteiger partial charge < -0.3 is 5.32 Å². The smallest absolute Gasteiger partial charge is 0.123 e. The highest BCUT2D eigenvalue weighted by Crippen LogP contribution is 2.19. The van der Waals surface area contributed by atoms with Gasteiger partial charge in [0.2, 0.25) is 0 Å². The minimum absolute atomic E-state index is 0.165. The van der Waals surface area contributed by atoms with Gasteiger partial charge >= 0.3 is 0 Å². The molecule has 88 valence electrons. The first-order valence-electron chi connectivity index (χ1n) is 5.79. The van der Waals surface area contributed by atoms with Gasteiger partial charge in [-0.15, -0.1) is 0 Å². The molecule has 0 atom stereocenters. The van der Waals surface area contributed by atoms with Crippen LogP contribution in [0.2, 0.25) is 0 Å². The fraction of sp³-hybridized carbons (Fsp3) is 0.429. The number of allylic oxidation sites excluding steroid dienone is 1. The first kappa shape index (κ1) is 12.9. The first-order chi connectivity index (χ1) is 7.65. The number of halogens is 1. The van der Waals surface area contributed by atoms with E-state index in [0.717, 1.165) is 30.6 Å². The van der Waals surface area contributed by atoms with E-state index in [1.165, 1.54) is 11.6 Å². The summed E-state index contributed by atoms with van der Waals surface area (Å²) in [6.07, 6.45) is 3.21. The van der Waals surface area contributed by atoms with Crippen molar-refractivity contribution in [2.45, 2.75) is 27.2 Å². The van der Waals surface area contributed by atoms with Crippen LogP contribution in [0.25, 0.3) is 5.57 Å². The van der Waals surface area contributed by atoms with Crippen molar-refractivity contribution in [1.82, 2.24) is 5.32 Å². The van der Waals surface area contributed by atoms with Gasteiger partial charge in [0.1, 0.15) is 5.82 Å². The minimum atomic E-state index is -0.165. The summed E-state index contributed by atoms with van der Waals surface area (Å²) >= 11 is 0. The van der Waals surface area contributed by atoms with Gasteiger partial charge in [0.05, 0.1) is 0 Å². The third kappa shape index (κ3) is 3.78. The highest BCUT2D eigenvalue weighted by Gasteiger charge is 2.01. The van der Waals surface area contributed by atoms with E-state index in [0.29, 0.717) is 0 Å². The molecule has 0 fully saturated rings. The van der Waals surface area contributed by atoms with Crippen LogP contribution in [0.3, 0.4) is 0 Å². The number of aryl methyl sites for hydroxylation is 1. The highest BCUT2D eigenvalue weighted by atomic mass is 19.1. The van der Waals surface area contributed by atoms with Crippen molar-refractivity contribution in [3.05, 3.63) is 41.2 Å². The third-order valence-electron chi connectivity index (χ3n) is 2.63. The number of nitrogens with one attached hydrogen (secondary N) is 1. The van der Waals surface area contributed by atoms with E-state index in [1.807, 2.05) is 13.0 Å². The highest BCUT2D eigenvalue weighted by molar-refractivity contribution is 5.66. The molecule has 0 unspecified atom stereocenters. The zero-order valence-electron chi connectivity index (χ0n) is 10.3. The molecule has 0 heterocycles. The number of rotatable bonds is 5. The molecule has 0 aliphatic heterocycles. The summed E-state index contributed by atoms with van der Waals surface area (Å²) < 4.78 is 12.9. The number of hydrogen-bond acceptors (Lipinski definition) is 1. The Hall–Kier alpha value is -1.15. The second kappa shape index (κ2) is 6.44. The summed E-state index contributed by atoms with van der Waals surface area (Å²) in [7, 11) is 0. The van der Waals surface area contributed by atoms with Crippen LogP contribution in [0.1, 0.15) is 31.4 Å². The lowest BCUT2D eigenvalue weighted by Gasteiger charge is -2.06. The first-order valence-corrected chi connectivity index (χ1v) is 5.79. The second-order valence-corrected chi connectivity index (χ2v) is 3.99. The Morgan fingerprint density at radius 3 is 2.81 bits per heavy atom. The third-order valence-corrected chi connectivity index (χ3v) is 2.63. The van der Waals surface area contributed by atoms with Gasteiger partial charge in [-0.05, 0) is 62.2 Å². The Labute approximate surface area is 97.4 Å². The van der Waals surface area contributed by atoms with Crippen LogP contribution < -0.4 is 5.32 Å². The normalized spacial score (nSPS) is 11.9. The molecule has 16 heavy (non-hydrogen) atoms. The molecule has 1 rings (SSSR count). The van der Waals surface area contributed by atoms with E-state index < -0.39 is 0 Å². The molecule has 0 spiro atoms. The van der Waals surface area contributed by atoms with Gasteiger partial charge in [-0.2, -0.15) is 0 Å². The average Bonchev–Trinajstić information content (AvgIpc) is 2.24. The van der Waals surface area contributed by atoms with Crippen molar-refractivity contribution < 1.29 is 4.39 Å². The second-order valence-electron chi connectivity index (χ2n) is 3.99. The van der Waals surface area contributed by atoms with Gasteiger partial charge in [0, 0.05) is 0 Å². The van der Waals surface area contributed by atoms with Gasteiger partial charge in [-0.3, -0.25) is 0 Å². The van der Waals surface area contributed by atoms with E-state index in [4.69, 9.17) is 0 Å². The summed E-state index contributed by atoms with van der Waals surface area (Å²) in [5, 5.41) is 3.27. The summed E-state index contributed by atoms with van der Waals surface area (Å²) in [4.78, 5) is 0. The largest absolute Gasteiger partial charge is 0.317 e. The van der Waals surface area contributed by atoms with Crippen molar-refractivity contribution >= 4 is 5.57 Å². The monoisotopic (exact) mass is 221 g/mol. The van der Waals surface area contributed by atoms with Crippen LogP contribution in [-0.4, -0.2) is 13.1 Å². The van der Waals surface area contributed by atoms with Gasteiger partial charge in [0.25, 0.3) is 0 Å². The zero-order chi connectivity index (χ0) is 12.0. The van der Waals surface area contributed by atoms with E-state index in [-0.39, 0.29) is 5.82 Å². The Balaban J connectivity index is 2.68. The van der Waals surface area contributed by atoms with Crippen LogP contribution in [-0.2, 0) is 0 Å². The maximum absolute atomic E-state index is 12.9. The van der Waals surface area contributed by atoms with Crippen LogP contribution >= 0.6 is 0 Å². The summed E-state index contributed by atoms with van der Waals surface area (Å²) in [6, 6.07) is 4.95. The topological polar surface area (TPSA) is 12.0 Å². The van der Waals surface area contributed by atoms with E-state index in [1.54, 1.807) is 6.07 Å². The summed E-state index contributed by atoms with van der Waals surface area (Å²) in [6.45, 7) is 8.11. The van der Waals surface area contributed by atoms with E-state index in [2.05, 4.69) is 25.2 Å². The maximum Gasteiger partial charge on any atom is 0.123 e. The average molecular weight is 221 g/mol. The maximum atomic E-state index is 12.9. The van der Waals surface area contributed by atoms with Gasteiger partial charge in [0.15, 0.2) is 0 Å². The zero-order valence-corrected chi connectivity index (χ0v) is 10.3. The molecule has 0 aliphatic rings. The van der Waals surface area contributed by atoms with Crippen LogP contribution in [0.15, 0.2) is 24.3 Å².